The standard InChI is InChI=1S/C38H57NO8/c1-6-8-10-13-16-19-31(40)20-17-14-11-12-15-18-21-33(38(45,37(43)44)28-29(3)4)35(41)39-34(36(42)46-5)27-30-22-24-32(25-23-30)47-26-9-7-2/h18,21-25,29,33-34,45H,6,8,10-17,19-20,26-28H2,1-5H3,(H,39,41)(H,43,44)/b21-18+/t33-,34+,38+/m1/s1. The van der Waals surface area contributed by atoms with Gasteiger partial charge in [-0.2, -0.15) is 0 Å². The number of methoxy groups -OCH3 is 1. The van der Waals surface area contributed by atoms with Gasteiger partial charge in [0.25, 0.3) is 0 Å². The smallest absolute Gasteiger partial charge is 0.336 e. The maximum Gasteiger partial charge on any atom is 0.336 e. The van der Waals surface area contributed by atoms with Crippen molar-refractivity contribution in [1.29, 1.82) is 0 Å². The van der Waals surface area contributed by atoms with Crippen LogP contribution in [-0.2, 0) is 30.3 Å². The molecule has 0 heterocycles. The zero-order valence-electron chi connectivity index (χ0n) is 29.1. The largest absolute Gasteiger partial charge is 0.481 e. The van der Waals surface area contributed by atoms with E-state index in [-0.39, 0.29) is 25.4 Å². The molecule has 3 N–H and O–H groups in total. The summed E-state index contributed by atoms with van der Waals surface area (Å²) in [6, 6.07) is 5.86. The maximum atomic E-state index is 13.6. The van der Waals surface area contributed by atoms with Crippen molar-refractivity contribution in [2.75, 3.05) is 13.7 Å². The normalized spacial score (nSPS) is 13.7. The third-order valence-corrected chi connectivity index (χ3v) is 8.00. The number of aliphatic hydroxyl groups is 1. The molecule has 0 aromatic heterocycles. The Morgan fingerprint density at radius 3 is 2.13 bits per heavy atom. The number of Topliss-reactive ketones (excluding diaryl/α,β-unsaturated/α-hetero) is 1. The van der Waals surface area contributed by atoms with E-state index < -0.39 is 35.4 Å². The lowest BCUT2D eigenvalue weighted by Crippen LogP contribution is -2.55. The van der Waals surface area contributed by atoms with Crippen molar-refractivity contribution >= 4 is 23.6 Å². The number of allylic oxidation sites excluding steroid dienone is 1. The van der Waals surface area contributed by atoms with E-state index in [9.17, 15) is 29.4 Å². The lowest BCUT2D eigenvalue weighted by Gasteiger charge is -2.32. The highest BCUT2D eigenvalue weighted by Gasteiger charge is 2.47. The van der Waals surface area contributed by atoms with Gasteiger partial charge in [-0.1, -0.05) is 89.5 Å². The number of hydrogen-bond acceptors (Lipinski definition) is 7. The van der Waals surface area contributed by atoms with Crippen LogP contribution in [0.4, 0.5) is 0 Å². The van der Waals surface area contributed by atoms with Crippen LogP contribution in [0, 0.1) is 23.7 Å². The van der Waals surface area contributed by atoms with Gasteiger partial charge in [0.05, 0.1) is 13.0 Å². The summed E-state index contributed by atoms with van der Waals surface area (Å²) in [7, 11) is 1.21. The van der Waals surface area contributed by atoms with Gasteiger partial charge in [0.2, 0.25) is 5.91 Å². The summed E-state index contributed by atoms with van der Waals surface area (Å²) in [4.78, 5) is 50.8. The molecule has 9 nitrogen and oxygen atoms in total. The van der Waals surface area contributed by atoms with E-state index >= 15 is 0 Å². The fraction of sp³-hybridized carbons (Fsp3) is 0.632. The van der Waals surface area contributed by atoms with E-state index in [4.69, 9.17) is 9.47 Å². The van der Waals surface area contributed by atoms with Gasteiger partial charge in [-0.15, -0.1) is 5.92 Å². The Morgan fingerprint density at radius 1 is 0.957 bits per heavy atom. The van der Waals surface area contributed by atoms with Crippen molar-refractivity contribution in [2.45, 2.75) is 129 Å². The second-order valence-corrected chi connectivity index (χ2v) is 12.5. The van der Waals surface area contributed by atoms with Crippen LogP contribution in [0.1, 0.15) is 117 Å². The number of nitrogens with one attached hydrogen (secondary N) is 1. The molecule has 0 fully saturated rings. The highest BCUT2D eigenvalue weighted by Crippen LogP contribution is 2.29. The molecule has 0 aliphatic rings. The second-order valence-electron chi connectivity index (χ2n) is 12.5. The Labute approximate surface area is 281 Å². The van der Waals surface area contributed by atoms with Gasteiger partial charge < -0.3 is 25.0 Å². The number of esters is 1. The molecule has 1 aromatic carbocycles. The Morgan fingerprint density at radius 2 is 1.57 bits per heavy atom. The highest BCUT2D eigenvalue weighted by atomic mass is 16.5. The average Bonchev–Trinajstić information content (AvgIpc) is 3.03. The van der Waals surface area contributed by atoms with Crippen molar-refractivity contribution in [1.82, 2.24) is 5.32 Å². The number of carbonyl (C=O) groups excluding carboxylic acids is 3. The molecule has 0 radical (unpaired) electrons. The maximum absolute atomic E-state index is 13.6. The molecule has 0 aliphatic carbocycles. The van der Waals surface area contributed by atoms with Crippen LogP contribution in [0.5, 0.6) is 5.75 Å². The van der Waals surface area contributed by atoms with E-state index in [1.165, 1.54) is 32.4 Å². The molecule has 1 aromatic rings. The van der Waals surface area contributed by atoms with Gasteiger partial charge in [-0.25, -0.2) is 9.59 Å². The lowest BCUT2D eigenvalue weighted by atomic mass is 9.79. The van der Waals surface area contributed by atoms with Gasteiger partial charge in [0, 0.05) is 19.3 Å². The number of rotatable bonds is 25. The molecule has 1 rings (SSSR count). The summed E-state index contributed by atoms with van der Waals surface area (Å²) >= 11 is 0. The minimum atomic E-state index is -2.38. The van der Waals surface area contributed by atoms with Crippen LogP contribution >= 0.6 is 0 Å². The first-order chi connectivity index (χ1) is 22.5. The Kier molecular flexibility index (Phi) is 20.8. The first kappa shape index (κ1) is 41.4. The molecule has 0 saturated heterocycles. The fourth-order valence-corrected chi connectivity index (χ4v) is 5.40. The first-order valence-electron chi connectivity index (χ1n) is 17.1. The lowest BCUT2D eigenvalue weighted by molar-refractivity contribution is -0.168. The van der Waals surface area contributed by atoms with Crippen molar-refractivity contribution < 1.29 is 38.9 Å². The summed E-state index contributed by atoms with van der Waals surface area (Å²) in [5.41, 5.74) is -1.67. The third-order valence-electron chi connectivity index (χ3n) is 8.00. The van der Waals surface area contributed by atoms with Crippen LogP contribution in [0.2, 0.25) is 0 Å². The molecular weight excluding hydrogens is 598 g/mol. The second kappa shape index (κ2) is 23.6. The predicted octanol–water partition coefficient (Wildman–Crippen LogP) is 6.59. The topological polar surface area (TPSA) is 139 Å². The van der Waals surface area contributed by atoms with Crippen molar-refractivity contribution in [2.24, 2.45) is 11.8 Å². The van der Waals surface area contributed by atoms with Crippen LogP contribution in [0.15, 0.2) is 36.4 Å². The quantitative estimate of drug-likeness (QED) is 0.0464. The number of benzene rings is 1. The predicted molar refractivity (Wildman–Crippen MR) is 184 cm³/mol. The number of amides is 1. The van der Waals surface area contributed by atoms with Crippen LogP contribution < -0.4 is 10.1 Å². The molecule has 0 aliphatic heterocycles. The zero-order valence-corrected chi connectivity index (χ0v) is 29.1. The number of unbranched alkanes of at least 4 members (excludes halogenated alkanes) is 8. The molecule has 1 amide bonds. The first-order valence-corrected chi connectivity index (χ1v) is 17.1. The van der Waals surface area contributed by atoms with Crippen molar-refractivity contribution in [3.8, 4) is 17.6 Å². The minimum absolute atomic E-state index is 0.0843. The van der Waals surface area contributed by atoms with Crippen LogP contribution in [-0.4, -0.2) is 59.2 Å². The molecular formula is C38H57NO8. The Balaban J connectivity index is 2.88. The Bertz CT molecular complexity index is 1180. The van der Waals surface area contributed by atoms with Gasteiger partial charge in [0.15, 0.2) is 5.60 Å². The number of ether oxygens (including phenoxy) is 2. The number of hydrogen-bond donors (Lipinski definition) is 3. The molecule has 262 valence electrons. The van der Waals surface area contributed by atoms with Crippen LogP contribution in [0.3, 0.4) is 0 Å². The summed E-state index contributed by atoms with van der Waals surface area (Å²) in [6.45, 7) is 7.67. The van der Waals surface area contributed by atoms with Crippen molar-refractivity contribution in [3.05, 3.63) is 42.0 Å². The van der Waals surface area contributed by atoms with Gasteiger partial charge in [-0.3, -0.25) is 9.59 Å². The molecule has 0 bridgehead atoms. The molecule has 9 heteroatoms. The van der Waals surface area contributed by atoms with Gasteiger partial charge in [0.1, 0.15) is 24.2 Å². The van der Waals surface area contributed by atoms with E-state index in [1.54, 1.807) is 51.1 Å². The summed E-state index contributed by atoms with van der Waals surface area (Å²) in [6.07, 6.45) is 14.0. The van der Waals surface area contributed by atoms with E-state index in [0.717, 1.165) is 38.5 Å². The number of aliphatic carboxylic acids is 1. The average molecular weight is 656 g/mol. The molecule has 0 spiro atoms. The monoisotopic (exact) mass is 655 g/mol. The molecule has 3 atom stereocenters. The SMILES string of the molecule is CC#CCOc1ccc(C[C@H](NC(=O)[C@@H](/C=C/CCCCCCC(=O)CCCCCCC)[C@@](O)(CC(C)C)C(=O)O)C(=O)OC)cc1. The number of carbonyl (C=O) groups is 4. The fourth-order valence-electron chi connectivity index (χ4n) is 5.40. The highest BCUT2D eigenvalue weighted by molar-refractivity contribution is 5.92. The summed E-state index contributed by atoms with van der Waals surface area (Å²) in [5.74, 6) is 1.83. The van der Waals surface area contributed by atoms with Crippen molar-refractivity contribution in [3.63, 3.8) is 0 Å². The number of ketones is 1. The number of carboxylic acids is 1. The van der Waals surface area contributed by atoms with Gasteiger partial charge >= 0.3 is 11.9 Å². The molecule has 0 saturated carbocycles. The molecule has 0 unspecified atom stereocenters. The van der Waals surface area contributed by atoms with Crippen LogP contribution in [0.25, 0.3) is 0 Å². The van der Waals surface area contributed by atoms with E-state index in [1.807, 2.05) is 0 Å². The summed E-state index contributed by atoms with van der Waals surface area (Å²) < 4.78 is 10.5. The van der Waals surface area contributed by atoms with E-state index in [2.05, 4.69) is 24.1 Å². The number of carboxylic acid groups (broad SMARTS) is 1. The zero-order chi connectivity index (χ0) is 35.1. The van der Waals surface area contributed by atoms with E-state index in [0.29, 0.717) is 36.4 Å². The van der Waals surface area contributed by atoms with Gasteiger partial charge in [-0.05, 0) is 62.6 Å². The Hall–Kier alpha value is -3.64. The molecule has 47 heavy (non-hydrogen) atoms. The summed E-state index contributed by atoms with van der Waals surface area (Å²) in [5, 5.41) is 24.1. The third kappa shape index (κ3) is 16.7. The minimum Gasteiger partial charge on any atom is -0.481 e.